The lowest BCUT2D eigenvalue weighted by atomic mass is 9.75. The lowest BCUT2D eigenvalue weighted by Gasteiger charge is -2.36. The second-order valence-electron chi connectivity index (χ2n) is 7.53. The molecule has 0 aromatic heterocycles. The summed E-state index contributed by atoms with van der Waals surface area (Å²) in [5.41, 5.74) is 4.00. The summed E-state index contributed by atoms with van der Waals surface area (Å²) in [6.45, 7) is 2.53. The van der Waals surface area contributed by atoms with Crippen molar-refractivity contribution >= 4 is 15.7 Å². The fourth-order valence-corrected chi connectivity index (χ4v) is 4.93. The van der Waals surface area contributed by atoms with E-state index in [2.05, 4.69) is 6.07 Å². The number of fused-ring (bicyclic) bond motifs is 3. The molecule has 1 fully saturated rings. The van der Waals surface area contributed by atoms with Crippen molar-refractivity contribution in [1.29, 1.82) is 0 Å². The summed E-state index contributed by atoms with van der Waals surface area (Å²) < 4.78 is 34.6. The first kappa shape index (κ1) is 19.9. The molecule has 4 rings (SSSR count). The molecule has 1 heterocycles. The summed E-state index contributed by atoms with van der Waals surface area (Å²) >= 11 is 0. The van der Waals surface area contributed by atoms with Gasteiger partial charge in [-0.2, -0.15) is 0 Å². The van der Waals surface area contributed by atoms with Gasteiger partial charge in [-0.05, 0) is 49.6 Å². The van der Waals surface area contributed by atoms with Gasteiger partial charge in [-0.1, -0.05) is 25.0 Å². The van der Waals surface area contributed by atoms with E-state index in [0.29, 0.717) is 18.3 Å². The number of nitrogens with two attached hydrogens (primary N) is 1. The summed E-state index contributed by atoms with van der Waals surface area (Å²) in [7, 11) is -2.10. The zero-order chi connectivity index (χ0) is 20.6. The highest BCUT2D eigenvalue weighted by molar-refractivity contribution is 7.89. The molecule has 0 unspecified atom stereocenters. The van der Waals surface area contributed by atoms with E-state index in [4.69, 9.17) is 19.6 Å². The summed E-state index contributed by atoms with van der Waals surface area (Å²) in [6, 6.07) is 10.9. The van der Waals surface area contributed by atoms with Crippen molar-refractivity contribution in [2.24, 2.45) is 10.1 Å². The number of hydrogen-bond donors (Lipinski definition) is 1. The minimum absolute atomic E-state index is 0.0951. The zero-order valence-corrected chi connectivity index (χ0v) is 17.5. The van der Waals surface area contributed by atoms with E-state index in [1.54, 1.807) is 19.2 Å². The molecule has 1 aliphatic heterocycles. The maximum atomic E-state index is 11.6. The monoisotopic (exact) mass is 414 g/mol. The van der Waals surface area contributed by atoms with Crippen LogP contribution in [0, 0.1) is 0 Å². The third-order valence-corrected chi connectivity index (χ3v) is 6.70. The fraction of sp³-hybridized carbons (Fsp3) is 0.409. The lowest BCUT2D eigenvalue weighted by Crippen LogP contribution is -2.29. The summed E-state index contributed by atoms with van der Waals surface area (Å²) in [5, 5.41) is 5.24. The fourth-order valence-electron chi connectivity index (χ4n) is 4.41. The van der Waals surface area contributed by atoms with Crippen LogP contribution in [0.4, 0.5) is 0 Å². The number of rotatable bonds is 5. The Morgan fingerprint density at radius 3 is 2.48 bits per heavy atom. The number of hydrogen-bond acceptors (Lipinski definition) is 5. The van der Waals surface area contributed by atoms with Crippen LogP contribution in [0.2, 0.25) is 0 Å². The standard InChI is InChI=1S/C22H26N2O4S/c1-3-28-21-12-17-16-6-4-5-7-19(16)24-22(18(17)13-20(21)27-2)14-8-10-15(11-9-14)29(23,25)26/h8-13,16,19H,3-7H2,1-2H3,(H2,23,25,26)/t16-,19-/m1/s1. The molecule has 1 aliphatic carbocycles. The van der Waals surface area contributed by atoms with Crippen LogP contribution in [0.1, 0.15) is 55.2 Å². The molecular weight excluding hydrogens is 388 g/mol. The van der Waals surface area contributed by atoms with E-state index in [9.17, 15) is 8.42 Å². The van der Waals surface area contributed by atoms with Crippen molar-refractivity contribution in [3.05, 3.63) is 53.1 Å². The molecule has 0 amide bonds. The SMILES string of the molecule is CCOc1cc2c(cc1OC)C(c1ccc(S(N)(=O)=O)cc1)=N[C@@H]1CCCC[C@H]21. The van der Waals surface area contributed by atoms with Crippen molar-refractivity contribution in [1.82, 2.24) is 0 Å². The molecule has 6 nitrogen and oxygen atoms in total. The van der Waals surface area contributed by atoms with Crippen molar-refractivity contribution in [2.75, 3.05) is 13.7 Å². The normalized spacial score (nSPS) is 21.0. The van der Waals surface area contributed by atoms with Crippen LogP contribution in [0.3, 0.4) is 0 Å². The largest absolute Gasteiger partial charge is 0.493 e. The van der Waals surface area contributed by atoms with Crippen molar-refractivity contribution in [3.8, 4) is 11.5 Å². The van der Waals surface area contributed by atoms with Gasteiger partial charge < -0.3 is 9.47 Å². The first-order valence-corrected chi connectivity index (χ1v) is 11.5. The topological polar surface area (TPSA) is 91.0 Å². The molecule has 0 radical (unpaired) electrons. The Hall–Kier alpha value is -2.38. The van der Waals surface area contributed by atoms with Crippen LogP contribution in [0.25, 0.3) is 0 Å². The smallest absolute Gasteiger partial charge is 0.238 e. The third kappa shape index (κ3) is 3.76. The third-order valence-electron chi connectivity index (χ3n) is 5.77. The molecule has 0 spiro atoms. The van der Waals surface area contributed by atoms with E-state index >= 15 is 0 Å². The highest BCUT2D eigenvalue weighted by Gasteiger charge is 2.34. The van der Waals surface area contributed by atoms with Crippen LogP contribution in [-0.4, -0.2) is 33.9 Å². The van der Waals surface area contributed by atoms with Crippen LogP contribution < -0.4 is 14.6 Å². The Morgan fingerprint density at radius 2 is 1.83 bits per heavy atom. The summed E-state index contributed by atoms with van der Waals surface area (Å²) in [5.74, 6) is 1.80. The van der Waals surface area contributed by atoms with Gasteiger partial charge in [0.05, 0.1) is 30.4 Å². The first-order chi connectivity index (χ1) is 13.9. The van der Waals surface area contributed by atoms with Gasteiger partial charge in [0, 0.05) is 17.0 Å². The van der Waals surface area contributed by atoms with Gasteiger partial charge in [0.15, 0.2) is 11.5 Å². The Morgan fingerprint density at radius 1 is 1.10 bits per heavy atom. The minimum atomic E-state index is -3.73. The van der Waals surface area contributed by atoms with Crippen molar-refractivity contribution < 1.29 is 17.9 Å². The molecule has 2 aromatic carbocycles. The second-order valence-corrected chi connectivity index (χ2v) is 9.09. The average molecular weight is 415 g/mol. The molecule has 0 bridgehead atoms. The highest BCUT2D eigenvalue weighted by Crippen LogP contribution is 2.44. The first-order valence-electron chi connectivity index (χ1n) is 9.98. The maximum absolute atomic E-state index is 11.6. The van der Waals surface area contributed by atoms with Crippen molar-refractivity contribution in [3.63, 3.8) is 0 Å². The Kier molecular flexibility index (Phi) is 5.36. The number of nitrogens with zero attached hydrogens (tertiary/aromatic N) is 1. The predicted octanol–water partition coefficient (Wildman–Crippen LogP) is 3.62. The van der Waals surface area contributed by atoms with E-state index in [1.165, 1.54) is 30.5 Å². The van der Waals surface area contributed by atoms with E-state index in [-0.39, 0.29) is 10.9 Å². The van der Waals surface area contributed by atoms with Crippen LogP contribution in [0.5, 0.6) is 11.5 Å². The number of primary sulfonamides is 1. The Labute approximate surface area is 171 Å². The van der Waals surface area contributed by atoms with Crippen LogP contribution in [-0.2, 0) is 10.0 Å². The Balaban J connectivity index is 1.85. The number of ether oxygens (including phenoxy) is 2. The molecule has 2 N–H and O–H groups in total. The van der Waals surface area contributed by atoms with Gasteiger partial charge in [-0.3, -0.25) is 4.99 Å². The number of benzene rings is 2. The van der Waals surface area contributed by atoms with Crippen LogP contribution >= 0.6 is 0 Å². The van der Waals surface area contributed by atoms with Gasteiger partial charge in [0.2, 0.25) is 10.0 Å². The second kappa shape index (κ2) is 7.80. The van der Waals surface area contributed by atoms with Gasteiger partial charge in [-0.15, -0.1) is 0 Å². The van der Waals surface area contributed by atoms with E-state index < -0.39 is 10.0 Å². The van der Waals surface area contributed by atoms with Gasteiger partial charge >= 0.3 is 0 Å². The molecular formula is C22H26N2O4S. The highest BCUT2D eigenvalue weighted by atomic mass is 32.2. The van der Waals surface area contributed by atoms with E-state index in [0.717, 1.165) is 35.4 Å². The zero-order valence-electron chi connectivity index (χ0n) is 16.7. The number of sulfonamides is 1. The lowest BCUT2D eigenvalue weighted by molar-refractivity contribution is 0.308. The molecule has 2 atom stereocenters. The Bertz CT molecular complexity index is 1050. The molecule has 7 heteroatoms. The van der Waals surface area contributed by atoms with Gasteiger partial charge in [-0.25, -0.2) is 13.6 Å². The van der Waals surface area contributed by atoms with E-state index in [1.807, 2.05) is 13.0 Å². The summed E-state index contributed by atoms with van der Waals surface area (Å²) in [4.78, 5) is 5.19. The molecule has 29 heavy (non-hydrogen) atoms. The molecule has 154 valence electrons. The van der Waals surface area contributed by atoms with Crippen molar-refractivity contribution in [2.45, 2.75) is 49.5 Å². The number of aliphatic imine (C=N–C) groups is 1. The molecule has 2 aliphatic rings. The molecule has 2 aromatic rings. The molecule has 1 saturated carbocycles. The van der Waals surface area contributed by atoms with Crippen LogP contribution in [0.15, 0.2) is 46.3 Å². The number of methoxy groups -OCH3 is 1. The minimum Gasteiger partial charge on any atom is -0.493 e. The molecule has 0 saturated heterocycles. The predicted molar refractivity (Wildman–Crippen MR) is 113 cm³/mol. The van der Waals surface area contributed by atoms with Gasteiger partial charge in [0.25, 0.3) is 0 Å². The van der Waals surface area contributed by atoms with Gasteiger partial charge in [0.1, 0.15) is 0 Å². The maximum Gasteiger partial charge on any atom is 0.238 e. The quantitative estimate of drug-likeness (QED) is 0.809. The average Bonchev–Trinajstić information content (AvgIpc) is 2.72. The summed E-state index contributed by atoms with van der Waals surface area (Å²) in [6.07, 6.45) is 4.53.